The molecule has 8 heteroatoms. The first-order chi connectivity index (χ1) is 12.4. The minimum Gasteiger partial charge on any atom is -0.497 e. The zero-order valence-electron chi connectivity index (χ0n) is 13.5. The van der Waals surface area contributed by atoms with Gasteiger partial charge in [0, 0.05) is 10.0 Å². The number of imide groups is 2. The largest absolute Gasteiger partial charge is 0.497 e. The van der Waals surface area contributed by atoms with Crippen molar-refractivity contribution in [1.82, 2.24) is 5.32 Å². The fraction of sp³-hybridized carbons (Fsp3) is 0.0556. The summed E-state index contributed by atoms with van der Waals surface area (Å²) in [5.74, 6) is -1.07. The van der Waals surface area contributed by atoms with E-state index < -0.39 is 17.8 Å². The van der Waals surface area contributed by atoms with E-state index in [0.717, 1.165) is 4.90 Å². The molecular weight excluding hydrogens is 379 g/mol. The summed E-state index contributed by atoms with van der Waals surface area (Å²) in [5, 5.41) is 2.98. The molecule has 1 N–H and O–H groups in total. The number of urea groups is 1. The molecule has 0 aromatic heterocycles. The molecular formula is C18H12Cl2N2O4. The lowest BCUT2D eigenvalue weighted by Crippen LogP contribution is -2.54. The first-order valence-electron chi connectivity index (χ1n) is 7.40. The Morgan fingerprint density at radius 2 is 1.69 bits per heavy atom. The van der Waals surface area contributed by atoms with E-state index in [1.165, 1.54) is 25.3 Å². The summed E-state index contributed by atoms with van der Waals surface area (Å²) < 4.78 is 5.12. The lowest BCUT2D eigenvalue weighted by molar-refractivity contribution is -0.122. The molecule has 0 atom stereocenters. The van der Waals surface area contributed by atoms with Crippen LogP contribution in [-0.4, -0.2) is 25.0 Å². The summed E-state index contributed by atoms with van der Waals surface area (Å²) in [6, 6.07) is 10.0. The molecule has 0 saturated carbocycles. The van der Waals surface area contributed by atoms with Gasteiger partial charge in [0.15, 0.2) is 0 Å². The van der Waals surface area contributed by atoms with Gasteiger partial charge in [-0.25, -0.2) is 9.69 Å². The Labute approximate surface area is 158 Å². The van der Waals surface area contributed by atoms with Gasteiger partial charge in [0.05, 0.1) is 12.8 Å². The van der Waals surface area contributed by atoms with Gasteiger partial charge >= 0.3 is 6.03 Å². The highest BCUT2D eigenvalue weighted by atomic mass is 35.5. The van der Waals surface area contributed by atoms with E-state index in [1.807, 2.05) is 0 Å². The number of amides is 4. The van der Waals surface area contributed by atoms with Gasteiger partial charge < -0.3 is 4.74 Å². The Hall–Kier alpha value is -2.83. The van der Waals surface area contributed by atoms with Crippen LogP contribution in [-0.2, 0) is 9.59 Å². The second-order valence-corrected chi connectivity index (χ2v) is 6.23. The van der Waals surface area contributed by atoms with Crippen molar-refractivity contribution >= 4 is 52.8 Å². The van der Waals surface area contributed by atoms with E-state index in [0.29, 0.717) is 27.0 Å². The van der Waals surface area contributed by atoms with Crippen molar-refractivity contribution in [2.24, 2.45) is 0 Å². The third-order valence-corrected chi connectivity index (χ3v) is 4.10. The second kappa shape index (κ2) is 7.19. The third kappa shape index (κ3) is 3.56. The molecule has 2 aromatic rings. The molecule has 1 fully saturated rings. The number of benzene rings is 2. The highest BCUT2D eigenvalue weighted by Gasteiger charge is 2.36. The summed E-state index contributed by atoms with van der Waals surface area (Å²) in [7, 11) is 1.47. The molecule has 6 nitrogen and oxygen atoms in total. The SMILES string of the molecule is COc1cc(Cl)cc(/C=C2\C(=O)NC(=O)N(c3ccc(Cl)cc3)C2=O)c1. The van der Waals surface area contributed by atoms with Gasteiger partial charge in [0.25, 0.3) is 11.8 Å². The topological polar surface area (TPSA) is 75.7 Å². The maximum absolute atomic E-state index is 12.8. The molecule has 1 saturated heterocycles. The van der Waals surface area contributed by atoms with Crippen LogP contribution in [0.2, 0.25) is 10.0 Å². The molecule has 132 valence electrons. The fourth-order valence-corrected chi connectivity index (χ4v) is 2.79. The average molecular weight is 391 g/mol. The Morgan fingerprint density at radius 1 is 1.00 bits per heavy atom. The number of barbiturate groups is 1. The van der Waals surface area contributed by atoms with Crippen LogP contribution in [0.25, 0.3) is 6.08 Å². The van der Waals surface area contributed by atoms with E-state index in [4.69, 9.17) is 27.9 Å². The molecule has 1 aliphatic rings. The van der Waals surface area contributed by atoms with Gasteiger partial charge in [-0.3, -0.25) is 14.9 Å². The maximum atomic E-state index is 12.8. The number of hydrogen-bond donors (Lipinski definition) is 1. The minimum absolute atomic E-state index is 0.205. The first kappa shape index (κ1) is 18.0. The predicted molar refractivity (Wildman–Crippen MR) is 98.5 cm³/mol. The van der Waals surface area contributed by atoms with E-state index in [-0.39, 0.29) is 5.57 Å². The third-order valence-electron chi connectivity index (χ3n) is 3.63. The van der Waals surface area contributed by atoms with Crippen molar-refractivity contribution in [2.45, 2.75) is 0 Å². The lowest BCUT2D eigenvalue weighted by Gasteiger charge is -2.26. The Bertz CT molecular complexity index is 939. The van der Waals surface area contributed by atoms with Crippen LogP contribution in [0.5, 0.6) is 5.75 Å². The van der Waals surface area contributed by atoms with Gasteiger partial charge in [0.2, 0.25) is 0 Å². The minimum atomic E-state index is -0.830. The molecule has 0 spiro atoms. The van der Waals surface area contributed by atoms with Crippen molar-refractivity contribution < 1.29 is 19.1 Å². The zero-order chi connectivity index (χ0) is 18.8. The van der Waals surface area contributed by atoms with E-state index in [2.05, 4.69) is 5.32 Å². The number of carbonyl (C=O) groups excluding carboxylic acids is 3. The summed E-state index contributed by atoms with van der Waals surface area (Å²) >= 11 is 11.8. The van der Waals surface area contributed by atoms with Crippen LogP contribution in [0.1, 0.15) is 5.56 Å². The van der Waals surface area contributed by atoms with Crippen LogP contribution < -0.4 is 15.0 Å². The molecule has 3 rings (SSSR count). The molecule has 0 unspecified atom stereocenters. The zero-order valence-corrected chi connectivity index (χ0v) is 15.0. The number of halogens is 2. The average Bonchev–Trinajstić information content (AvgIpc) is 2.59. The van der Waals surface area contributed by atoms with Gasteiger partial charge in [0.1, 0.15) is 11.3 Å². The Kier molecular flexibility index (Phi) is 4.97. The highest BCUT2D eigenvalue weighted by Crippen LogP contribution is 2.26. The van der Waals surface area contributed by atoms with Gasteiger partial charge in [-0.2, -0.15) is 0 Å². The van der Waals surface area contributed by atoms with Crippen LogP contribution in [0.4, 0.5) is 10.5 Å². The van der Waals surface area contributed by atoms with Crippen molar-refractivity contribution in [1.29, 1.82) is 0 Å². The second-order valence-electron chi connectivity index (χ2n) is 5.36. The van der Waals surface area contributed by atoms with Crippen LogP contribution in [0.3, 0.4) is 0 Å². The van der Waals surface area contributed by atoms with E-state index in [9.17, 15) is 14.4 Å². The molecule has 26 heavy (non-hydrogen) atoms. The fourth-order valence-electron chi connectivity index (χ4n) is 2.43. The molecule has 1 heterocycles. The maximum Gasteiger partial charge on any atom is 0.335 e. The summed E-state index contributed by atoms with van der Waals surface area (Å²) in [4.78, 5) is 37.9. The van der Waals surface area contributed by atoms with Crippen molar-refractivity contribution in [3.63, 3.8) is 0 Å². The van der Waals surface area contributed by atoms with E-state index >= 15 is 0 Å². The Morgan fingerprint density at radius 3 is 2.35 bits per heavy atom. The predicted octanol–water partition coefficient (Wildman–Crippen LogP) is 3.67. The number of methoxy groups -OCH3 is 1. The van der Waals surface area contributed by atoms with Crippen LogP contribution in [0.15, 0.2) is 48.0 Å². The number of rotatable bonds is 3. The molecule has 0 radical (unpaired) electrons. The number of nitrogens with one attached hydrogen (secondary N) is 1. The number of nitrogens with zero attached hydrogens (tertiary/aromatic N) is 1. The molecule has 4 amide bonds. The number of anilines is 1. The highest BCUT2D eigenvalue weighted by molar-refractivity contribution is 6.39. The number of ether oxygens (including phenoxy) is 1. The summed E-state index contributed by atoms with van der Waals surface area (Å²) in [6.45, 7) is 0. The van der Waals surface area contributed by atoms with Crippen molar-refractivity contribution in [3.05, 3.63) is 63.6 Å². The molecule has 0 bridgehead atoms. The normalized spacial score (nSPS) is 16.0. The van der Waals surface area contributed by atoms with Crippen LogP contribution >= 0.6 is 23.2 Å². The van der Waals surface area contributed by atoms with E-state index in [1.54, 1.807) is 30.3 Å². The van der Waals surface area contributed by atoms with Gasteiger partial charge in [-0.05, 0) is 54.1 Å². The summed E-state index contributed by atoms with van der Waals surface area (Å²) in [6.07, 6.45) is 1.35. The van der Waals surface area contributed by atoms with Gasteiger partial charge in [-0.15, -0.1) is 0 Å². The molecule has 2 aromatic carbocycles. The molecule has 1 aliphatic heterocycles. The summed E-state index contributed by atoms with van der Waals surface area (Å²) in [5.41, 5.74) is 0.570. The first-order valence-corrected chi connectivity index (χ1v) is 8.16. The van der Waals surface area contributed by atoms with Gasteiger partial charge in [-0.1, -0.05) is 23.2 Å². The lowest BCUT2D eigenvalue weighted by atomic mass is 10.1. The smallest absolute Gasteiger partial charge is 0.335 e. The molecule has 0 aliphatic carbocycles. The standard InChI is InChI=1S/C18H12Cl2N2O4/c1-26-14-7-10(6-12(20)9-14)8-15-16(23)21-18(25)22(17(15)24)13-4-2-11(19)3-5-13/h2-9H,1H3,(H,21,23,25)/b15-8+. The number of hydrogen-bond acceptors (Lipinski definition) is 4. The van der Waals surface area contributed by atoms with Crippen molar-refractivity contribution in [2.75, 3.05) is 12.0 Å². The monoisotopic (exact) mass is 390 g/mol. The van der Waals surface area contributed by atoms with Crippen molar-refractivity contribution in [3.8, 4) is 5.75 Å². The quantitative estimate of drug-likeness (QED) is 0.640. The number of carbonyl (C=O) groups is 3. The van der Waals surface area contributed by atoms with Crippen LogP contribution in [0, 0.1) is 0 Å². The Balaban J connectivity index is 2.02.